The van der Waals surface area contributed by atoms with Gasteiger partial charge in [0.1, 0.15) is 0 Å². The summed E-state index contributed by atoms with van der Waals surface area (Å²) in [6.45, 7) is 17.9. The molecule has 2 saturated heterocycles. The predicted octanol–water partition coefficient (Wildman–Crippen LogP) is 2.52. The summed E-state index contributed by atoms with van der Waals surface area (Å²) in [7, 11) is 2.22. The van der Waals surface area contributed by atoms with Crippen LogP contribution >= 0.6 is 0 Å². The van der Waals surface area contributed by atoms with Crippen molar-refractivity contribution in [3.05, 3.63) is 0 Å². The number of likely N-dealkylation sites (N-methyl/N-ethyl adjacent to an activating group) is 1. The fraction of sp³-hybridized carbons (Fsp3) is 0.952. The number of nitrogens with zero attached hydrogens (tertiary/aromatic N) is 3. The highest BCUT2D eigenvalue weighted by Crippen LogP contribution is 2.48. The number of amides is 1. The first-order chi connectivity index (χ1) is 12.5. The molecule has 0 bridgehead atoms. The van der Waals surface area contributed by atoms with E-state index in [1.807, 2.05) is 27.7 Å². The molecule has 0 aromatic heterocycles. The molecule has 2 heterocycles. The number of carbonyl (C=O) groups is 1. The standard InChI is InChI=1S/C19H36N4O.C2H6.H2/c1-16(2)18(24)20-17-13-19(14-17)5-8-23(15-19)7-4-6-22-11-9-21(3)10-12-22;1-2;/h16-17H,4-15H2,1-3H3,(H,20,24);1-2H3;1H. The van der Waals surface area contributed by atoms with Gasteiger partial charge in [0.15, 0.2) is 0 Å². The van der Waals surface area contributed by atoms with E-state index in [1.54, 1.807) is 0 Å². The molecule has 1 amide bonds. The van der Waals surface area contributed by atoms with Crippen molar-refractivity contribution in [3.8, 4) is 0 Å². The van der Waals surface area contributed by atoms with Crippen LogP contribution in [0.1, 0.15) is 54.8 Å². The highest BCUT2D eigenvalue weighted by Gasteiger charge is 2.48. The molecule has 0 radical (unpaired) electrons. The second-order valence-corrected chi connectivity index (χ2v) is 8.79. The molecule has 1 aliphatic carbocycles. The van der Waals surface area contributed by atoms with Crippen LogP contribution in [0.3, 0.4) is 0 Å². The van der Waals surface area contributed by atoms with E-state index in [2.05, 4.69) is 27.1 Å². The molecule has 3 fully saturated rings. The Kier molecular flexibility index (Phi) is 8.37. The zero-order chi connectivity index (χ0) is 19.2. The van der Waals surface area contributed by atoms with Crippen LogP contribution in [0, 0.1) is 11.3 Å². The molecule has 5 heteroatoms. The van der Waals surface area contributed by atoms with Crippen LogP contribution in [0.5, 0.6) is 0 Å². The second kappa shape index (κ2) is 10.0. The molecule has 1 saturated carbocycles. The van der Waals surface area contributed by atoms with Gasteiger partial charge in [0, 0.05) is 46.1 Å². The molecular formula is C21H44N4O. The Hall–Kier alpha value is -0.650. The van der Waals surface area contributed by atoms with Crippen LogP contribution in [0.4, 0.5) is 0 Å². The highest BCUT2D eigenvalue weighted by molar-refractivity contribution is 5.78. The third kappa shape index (κ3) is 5.93. The Morgan fingerprint density at radius 3 is 2.31 bits per heavy atom. The van der Waals surface area contributed by atoms with Gasteiger partial charge < -0.3 is 20.0 Å². The van der Waals surface area contributed by atoms with Crippen LogP contribution in [-0.4, -0.2) is 86.1 Å². The van der Waals surface area contributed by atoms with Gasteiger partial charge in [0.05, 0.1) is 0 Å². The fourth-order valence-corrected chi connectivity index (χ4v) is 4.60. The van der Waals surface area contributed by atoms with Crippen molar-refractivity contribution in [2.45, 2.75) is 59.4 Å². The lowest BCUT2D eigenvalue weighted by Gasteiger charge is -2.45. The van der Waals surface area contributed by atoms with Crippen LogP contribution in [0.15, 0.2) is 0 Å². The maximum absolute atomic E-state index is 11.8. The minimum atomic E-state index is 0. The molecule has 1 spiro atoms. The van der Waals surface area contributed by atoms with Crippen molar-refractivity contribution in [2.24, 2.45) is 11.3 Å². The first-order valence-electron chi connectivity index (χ1n) is 10.9. The van der Waals surface area contributed by atoms with E-state index in [-0.39, 0.29) is 13.3 Å². The minimum Gasteiger partial charge on any atom is -0.353 e. The SMILES string of the molecule is CC.CC(C)C(=O)NC1CC2(CCN(CCCN3CCN(C)CC3)C2)C1.[HH]. The summed E-state index contributed by atoms with van der Waals surface area (Å²) < 4.78 is 0. The zero-order valence-corrected chi connectivity index (χ0v) is 17.9. The van der Waals surface area contributed by atoms with Gasteiger partial charge in [0.2, 0.25) is 5.91 Å². The topological polar surface area (TPSA) is 38.8 Å². The van der Waals surface area contributed by atoms with Gasteiger partial charge in [-0.3, -0.25) is 4.79 Å². The normalized spacial score (nSPS) is 30.2. The Morgan fingerprint density at radius 2 is 1.69 bits per heavy atom. The van der Waals surface area contributed by atoms with E-state index in [0.29, 0.717) is 11.5 Å². The number of hydrogen-bond donors (Lipinski definition) is 1. The molecule has 0 aromatic rings. The zero-order valence-electron chi connectivity index (χ0n) is 17.9. The number of nitrogens with one attached hydrogen (secondary N) is 1. The lowest BCUT2D eigenvalue weighted by atomic mass is 9.65. The summed E-state index contributed by atoms with van der Waals surface area (Å²) in [4.78, 5) is 19.5. The molecule has 154 valence electrons. The summed E-state index contributed by atoms with van der Waals surface area (Å²) in [5, 5.41) is 3.20. The molecule has 1 N–H and O–H groups in total. The van der Waals surface area contributed by atoms with E-state index in [4.69, 9.17) is 0 Å². The van der Waals surface area contributed by atoms with E-state index < -0.39 is 0 Å². The lowest BCUT2D eigenvalue weighted by Crippen LogP contribution is -2.52. The number of hydrogen-bond acceptors (Lipinski definition) is 4. The quantitative estimate of drug-likeness (QED) is 0.782. The molecule has 0 aromatic carbocycles. The maximum Gasteiger partial charge on any atom is 0.222 e. The third-order valence-corrected chi connectivity index (χ3v) is 6.29. The molecule has 26 heavy (non-hydrogen) atoms. The van der Waals surface area contributed by atoms with Crippen LogP contribution in [0.25, 0.3) is 0 Å². The van der Waals surface area contributed by atoms with Crippen LogP contribution < -0.4 is 5.32 Å². The summed E-state index contributed by atoms with van der Waals surface area (Å²) >= 11 is 0. The summed E-state index contributed by atoms with van der Waals surface area (Å²) in [6.07, 6.45) is 5.02. The fourth-order valence-electron chi connectivity index (χ4n) is 4.60. The van der Waals surface area contributed by atoms with Gasteiger partial charge in [-0.25, -0.2) is 0 Å². The van der Waals surface area contributed by atoms with Gasteiger partial charge in [-0.1, -0.05) is 27.7 Å². The average molecular weight is 369 g/mol. The Bertz CT molecular complexity index is 432. The van der Waals surface area contributed by atoms with Crippen molar-refractivity contribution >= 4 is 5.91 Å². The molecule has 0 unspecified atom stereocenters. The van der Waals surface area contributed by atoms with Crippen molar-refractivity contribution in [3.63, 3.8) is 0 Å². The monoisotopic (exact) mass is 368 g/mol. The van der Waals surface area contributed by atoms with Crippen molar-refractivity contribution in [1.29, 1.82) is 0 Å². The van der Waals surface area contributed by atoms with Gasteiger partial charge in [0.25, 0.3) is 0 Å². The van der Waals surface area contributed by atoms with Gasteiger partial charge in [-0.15, -0.1) is 0 Å². The number of likely N-dealkylation sites (tertiary alicyclic amines) is 1. The van der Waals surface area contributed by atoms with Crippen LogP contribution in [0.2, 0.25) is 0 Å². The van der Waals surface area contributed by atoms with E-state index in [1.165, 1.54) is 78.0 Å². The van der Waals surface area contributed by atoms with Crippen LogP contribution in [-0.2, 0) is 4.79 Å². The highest BCUT2D eigenvalue weighted by atomic mass is 16.1. The Labute approximate surface area is 163 Å². The molecule has 0 atom stereocenters. The average Bonchev–Trinajstić information content (AvgIpc) is 3.02. The van der Waals surface area contributed by atoms with E-state index >= 15 is 0 Å². The molecular weight excluding hydrogens is 324 g/mol. The van der Waals surface area contributed by atoms with Crippen molar-refractivity contribution in [2.75, 3.05) is 59.4 Å². The Balaban J connectivity index is 0.00000118. The summed E-state index contributed by atoms with van der Waals surface area (Å²) in [5.74, 6) is 0.327. The number of carbonyl (C=O) groups excluding carboxylic acids is 1. The maximum atomic E-state index is 11.8. The third-order valence-electron chi connectivity index (χ3n) is 6.29. The molecule has 3 aliphatic rings. The van der Waals surface area contributed by atoms with Gasteiger partial charge in [-0.05, 0) is 57.8 Å². The Morgan fingerprint density at radius 1 is 1.08 bits per heavy atom. The summed E-state index contributed by atoms with van der Waals surface area (Å²) in [6, 6.07) is 0.435. The first kappa shape index (κ1) is 21.6. The minimum absolute atomic E-state index is 0. The van der Waals surface area contributed by atoms with Crippen molar-refractivity contribution in [1.82, 2.24) is 20.0 Å². The predicted molar refractivity (Wildman–Crippen MR) is 112 cm³/mol. The molecule has 3 rings (SSSR count). The van der Waals surface area contributed by atoms with E-state index in [0.717, 1.165) is 0 Å². The van der Waals surface area contributed by atoms with Crippen molar-refractivity contribution < 1.29 is 6.22 Å². The van der Waals surface area contributed by atoms with E-state index in [9.17, 15) is 4.79 Å². The second-order valence-electron chi connectivity index (χ2n) is 8.79. The number of piperazine rings is 1. The largest absolute Gasteiger partial charge is 0.353 e. The molecule has 2 aliphatic heterocycles. The van der Waals surface area contributed by atoms with Gasteiger partial charge >= 0.3 is 0 Å². The summed E-state index contributed by atoms with van der Waals surface area (Å²) in [5.41, 5.74) is 0.517. The van der Waals surface area contributed by atoms with Gasteiger partial charge in [-0.2, -0.15) is 0 Å². The first-order valence-corrected chi connectivity index (χ1v) is 10.9. The number of rotatable bonds is 6. The molecule has 5 nitrogen and oxygen atoms in total. The smallest absolute Gasteiger partial charge is 0.222 e. The lowest BCUT2D eigenvalue weighted by molar-refractivity contribution is -0.126.